The number of aromatic hydroxyl groups is 1. The number of carboxylic acid groups (broad SMARTS) is 1. The molecule has 0 saturated carbocycles. The molecule has 0 aromatic heterocycles. The van der Waals surface area contributed by atoms with Gasteiger partial charge in [0.25, 0.3) is 5.91 Å². The summed E-state index contributed by atoms with van der Waals surface area (Å²) < 4.78 is 79.3. The standard InChI is InChI=1S/C23H22F6N6O6/c24-22(25,26)12-1-10(2-13(5-12)23(27,28)29)18(35-21(40)41)34-17(38)9-30-19(39)11-3-14(6-15(36)4-11)33-20-31-7-16(37)8-32-20/h1-6,16,18,35-37H,7-9H2,(H,30,39)(H,34,38)(H,40,41)(H2,31,32,33). The van der Waals surface area contributed by atoms with Gasteiger partial charge in [0, 0.05) is 23.9 Å². The number of nitrogens with one attached hydrogen (secondary N) is 5. The summed E-state index contributed by atoms with van der Waals surface area (Å²) in [6.45, 7) is -0.582. The summed E-state index contributed by atoms with van der Waals surface area (Å²) in [5, 5.41) is 39.7. The molecule has 12 nitrogen and oxygen atoms in total. The number of carbonyl (C=O) groups excluding carboxylic acids is 2. The SMILES string of the molecule is O=C(O)NC(NC(=O)CNC(=O)c1cc(O)cc(NC2=NCC(O)CN2)c1)c1cc(C(F)(F)F)cc(C(F)(F)F)c1. The maximum Gasteiger partial charge on any atom is 0.416 e. The minimum atomic E-state index is -5.22. The molecule has 3 amide bonds. The van der Waals surface area contributed by atoms with Crippen molar-refractivity contribution in [3.05, 3.63) is 58.7 Å². The van der Waals surface area contributed by atoms with Crippen molar-refractivity contribution in [2.75, 3.05) is 25.0 Å². The van der Waals surface area contributed by atoms with Gasteiger partial charge in [0.1, 0.15) is 11.9 Å². The molecule has 1 aliphatic heterocycles. The number of guanidine groups is 1. The second-order valence-electron chi connectivity index (χ2n) is 8.59. The van der Waals surface area contributed by atoms with Gasteiger partial charge in [-0.1, -0.05) is 0 Å². The van der Waals surface area contributed by atoms with Crippen LogP contribution >= 0.6 is 0 Å². The van der Waals surface area contributed by atoms with E-state index in [1.165, 1.54) is 12.1 Å². The van der Waals surface area contributed by atoms with Crippen LogP contribution in [0, 0.1) is 0 Å². The third-order valence-corrected chi connectivity index (χ3v) is 5.33. The minimum Gasteiger partial charge on any atom is -0.508 e. The van der Waals surface area contributed by atoms with Crippen LogP contribution in [0.4, 0.5) is 36.8 Å². The number of aliphatic imine (C=N–C) groups is 1. The number of phenolic OH excluding ortho intramolecular Hbond substituents is 1. The number of benzene rings is 2. The van der Waals surface area contributed by atoms with Crippen LogP contribution in [-0.2, 0) is 17.1 Å². The van der Waals surface area contributed by atoms with Crippen LogP contribution in [0.2, 0.25) is 0 Å². The summed E-state index contributed by atoms with van der Waals surface area (Å²) in [5.41, 5.74) is -4.31. The van der Waals surface area contributed by atoms with Gasteiger partial charge in [-0.15, -0.1) is 0 Å². The number of amides is 3. The molecule has 2 atom stereocenters. The fourth-order valence-corrected chi connectivity index (χ4v) is 3.51. The molecular formula is C23H22F6N6O6. The summed E-state index contributed by atoms with van der Waals surface area (Å²) in [4.78, 5) is 40.2. The van der Waals surface area contributed by atoms with E-state index in [0.717, 1.165) is 6.07 Å². The van der Waals surface area contributed by atoms with Gasteiger partial charge in [-0.05, 0) is 35.9 Å². The van der Waals surface area contributed by atoms with Crippen LogP contribution in [-0.4, -0.2) is 64.9 Å². The molecule has 0 fully saturated rings. The number of phenols is 1. The molecule has 8 N–H and O–H groups in total. The third kappa shape index (κ3) is 8.88. The number of aliphatic hydroxyl groups excluding tert-OH is 1. The number of aliphatic hydroxyl groups is 1. The summed E-state index contributed by atoms with van der Waals surface area (Å²) >= 11 is 0. The van der Waals surface area contributed by atoms with Gasteiger partial charge in [0.05, 0.1) is 30.3 Å². The quantitative estimate of drug-likeness (QED) is 0.177. The molecule has 2 aromatic carbocycles. The first kappa shape index (κ1) is 30.8. The monoisotopic (exact) mass is 592 g/mol. The Balaban J connectivity index is 1.74. The van der Waals surface area contributed by atoms with Crippen LogP contribution < -0.4 is 26.6 Å². The lowest BCUT2D eigenvalue weighted by Crippen LogP contribution is -2.44. The second kappa shape index (κ2) is 12.2. The van der Waals surface area contributed by atoms with Crippen molar-refractivity contribution in [3.8, 4) is 5.75 Å². The van der Waals surface area contributed by atoms with Crippen LogP contribution in [0.15, 0.2) is 41.4 Å². The highest BCUT2D eigenvalue weighted by Crippen LogP contribution is 2.37. The van der Waals surface area contributed by atoms with Gasteiger partial charge in [0.2, 0.25) is 5.91 Å². The Labute approximate surface area is 226 Å². The lowest BCUT2D eigenvalue weighted by molar-refractivity contribution is -0.143. The van der Waals surface area contributed by atoms with E-state index < -0.39 is 65.8 Å². The van der Waals surface area contributed by atoms with Crippen molar-refractivity contribution in [2.45, 2.75) is 24.6 Å². The van der Waals surface area contributed by atoms with E-state index in [1.807, 2.05) is 5.32 Å². The number of anilines is 1. The summed E-state index contributed by atoms with van der Waals surface area (Å²) in [6.07, 6.45) is -15.1. The first-order chi connectivity index (χ1) is 19.0. The zero-order valence-corrected chi connectivity index (χ0v) is 20.5. The van der Waals surface area contributed by atoms with Crippen molar-refractivity contribution in [1.82, 2.24) is 21.3 Å². The molecule has 2 aromatic rings. The number of hydrogen-bond acceptors (Lipinski definition) is 8. The molecule has 0 radical (unpaired) electrons. The highest BCUT2D eigenvalue weighted by atomic mass is 19.4. The molecule has 1 heterocycles. The van der Waals surface area contributed by atoms with E-state index in [-0.39, 0.29) is 54.2 Å². The number of carbonyl (C=O) groups is 3. The average molecular weight is 592 g/mol. The molecule has 3 rings (SSSR count). The zero-order valence-electron chi connectivity index (χ0n) is 20.5. The number of halogens is 6. The van der Waals surface area contributed by atoms with Gasteiger partial charge < -0.3 is 36.6 Å². The van der Waals surface area contributed by atoms with E-state index in [0.29, 0.717) is 0 Å². The lowest BCUT2D eigenvalue weighted by Gasteiger charge is -2.22. The number of hydrogen-bond donors (Lipinski definition) is 8. The molecule has 0 bridgehead atoms. The fraction of sp³-hybridized carbons (Fsp3) is 0.304. The molecular weight excluding hydrogens is 570 g/mol. The first-order valence-electron chi connectivity index (χ1n) is 11.4. The Morgan fingerprint density at radius 1 is 0.976 bits per heavy atom. The molecule has 2 unspecified atom stereocenters. The Hall–Kier alpha value is -4.74. The van der Waals surface area contributed by atoms with E-state index in [9.17, 15) is 50.9 Å². The fourth-order valence-electron chi connectivity index (χ4n) is 3.51. The predicted molar refractivity (Wildman–Crippen MR) is 129 cm³/mol. The average Bonchev–Trinajstić information content (AvgIpc) is 2.86. The van der Waals surface area contributed by atoms with E-state index in [2.05, 4.69) is 20.9 Å². The predicted octanol–water partition coefficient (Wildman–Crippen LogP) is 1.97. The van der Waals surface area contributed by atoms with Crippen LogP contribution in [0.5, 0.6) is 5.75 Å². The van der Waals surface area contributed by atoms with Gasteiger partial charge in [-0.3, -0.25) is 19.9 Å². The molecule has 222 valence electrons. The molecule has 18 heteroatoms. The molecule has 41 heavy (non-hydrogen) atoms. The summed E-state index contributed by atoms with van der Waals surface area (Å²) in [6, 6.07) is 3.85. The van der Waals surface area contributed by atoms with Crippen molar-refractivity contribution >= 4 is 29.6 Å². The Morgan fingerprint density at radius 2 is 1.61 bits per heavy atom. The van der Waals surface area contributed by atoms with E-state index in [1.54, 1.807) is 5.32 Å². The minimum absolute atomic E-state index is 0.104. The maximum absolute atomic E-state index is 13.2. The Kier molecular flexibility index (Phi) is 9.16. The van der Waals surface area contributed by atoms with E-state index in [4.69, 9.17) is 5.11 Å². The highest BCUT2D eigenvalue weighted by Gasteiger charge is 2.38. The van der Waals surface area contributed by atoms with Gasteiger partial charge in [-0.2, -0.15) is 26.3 Å². The topological polar surface area (TPSA) is 184 Å². The zero-order chi connectivity index (χ0) is 30.5. The van der Waals surface area contributed by atoms with Crippen LogP contribution in [0.25, 0.3) is 0 Å². The summed E-state index contributed by atoms with van der Waals surface area (Å²) in [5.74, 6) is -2.22. The third-order valence-electron chi connectivity index (χ3n) is 5.33. The van der Waals surface area contributed by atoms with Crippen molar-refractivity contribution in [3.63, 3.8) is 0 Å². The maximum atomic E-state index is 13.2. The van der Waals surface area contributed by atoms with Gasteiger partial charge in [0.15, 0.2) is 5.96 Å². The molecule has 0 aliphatic carbocycles. The highest BCUT2D eigenvalue weighted by molar-refractivity contribution is 6.00. The molecule has 0 spiro atoms. The number of β-amino-alcohol motifs (C(OH)–C–C–N with tert-alkyl or cyclic N) is 1. The van der Waals surface area contributed by atoms with Crippen LogP contribution in [0.3, 0.4) is 0 Å². The van der Waals surface area contributed by atoms with E-state index >= 15 is 0 Å². The lowest BCUT2D eigenvalue weighted by atomic mass is 10.0. The Bertz CT molecular complexity index is 1320. The molecule has 1 aliphatic rings. The van der Waals surface area contributed by atoms with Gasteiger partial charge >= 0.3 is 18.4 Å². The Morgan fingerprint density at radius 3 is 2.15 bits per heavy atom. The van der Waals surface area contributed by atoms with Crippen LogP contribution in [0.1, 0.15) is 33.2 Å². The summed E-state index contributed by atoms with van der Waals surface area (Å²) in [7, 11) is 0. The molecule has 0 saturated heterocycles. The number of rotatable bonds is 7. The van der Waals surface area contributed by atoms with Crippen molar-refractivity contribution in [2.24, 2.45) is 4.99 Å². The number of alkyl halides is 6. The number of nitrogens with zero attached hydrogens (tertiary/aromatic N) is 1. The first-order valence-corrected chi connectivity index (χ1v) is 11.4. The second-order valence-corrected chi connectivity index (χ2v) is 8.59. The van der Waals surface area contributed by atoms with Crippen molar-refractivity contribution < 1.29 is 56.0 Å². The van der Waals surface area contributed by atoms with Gasteiger partial charge in [-0.25, -0.2) is 4.79 Å². The largest absolute Gasteiger partial charge is 0.508 e. The smallest absolute Gasteiger partial charge is 0.416 e. The van der Waals surface area contributed by atoms with Crippen molar-refractivity contribution in [1.29, 1.82) is 0 Å². The normalized spacial score (nSPS) is 16.1.